The molecule has 1 N–H and O–H groups in total. The zero-order chi connectivity index (χ0) is 17.6. The molecular formula is C18H17FN4O2. The Labute approximate surface area is 144 Å². The first-order chi connectivity index (χ1) is 12.2. The van der Waals surface area contributed by atoms with E-state index in [9.17, 15) is 9.18 Å². The quantitative estimate of drug-likeness (QED) is 0.749. The molecule has 6 nitrogen and oxygen atoms in total. The van der Waals surface area contributed by atoms with Gasteiger partial charge in [-0.05, 0) is 23.8 Å². The van der Waals surface area contributed by atoms with Crippen LogP contribution in [0.4, 0.5) is 4.39 Å². The van der Waals surface area contributed by atoms with Crippen LogP contribution >= 0.6 is 0 Å². The lowest BCUT2D eigenvalue weighted by Gasteiger charge is -2.19. The molecule has 25 heavy (non-hydrogen) atoms. The van der Waals surface area contributed by atoms with E-state index in [-0.39, 0.29) is 23.3 Å². The van der Waals surface area contributed by atoms with Crippen LogP contribution in [-0.2, 0) is 6.54 Å². The van der Waals surface area contributed by atoms with Gasteiger partial charge in [0, 0.05) is 5.56 Å². The smallest absolute Gasteiger partial charge is 0.251 e. The Morgan fingerprint density at radius 2 is 1.92 bits per heavy atom. The van der Waals surface area contributed by atoms with E-state index < -0.39 is 5.82 Å². The number of methoxy groups -OCH3 is 1. The number of rotatable bonds is 6. The minimum Gasteiger partial charge on any atom is -0.494 e. The SMILES string of the molecule is COc1ccc(C(=O)N[C@@H](Cn2nccn2)c2ccccc2)cc1F. The Morgan fingerprint density at radius 3 is 2.56 bits per heavy atom. The van der Waals surface area contributed by atoms with Crippen LogP contribution in [0.1, 0.15) is 22.0 Å². The average molecular weight is 340 g/mol. The highest BCUT2D eigenvalue weighted by Crippen LogP contribution is 2.19. The van der Waals surface area contributed by atoms with Gasteiger partial charge in [-0.25, -0.2) is 4.39 Å². The molecule has 1 aromatic heterocycles. The highest BCUT2D eigenvalue weighted by molar-refractivity contribution is 5.94. The third kappa shape index (κ3) is 4.00. The van der Waals surface area contributed by atoms with Crippen LogP contribution in [0.2, 0.25) is 0 Å². The van der Waals surface area contributed by atoms with Crippen molar-refractivity contribution in [1.82, 2.24) is 20.3 Å². The summed E-state index contributed by atoms with van der Waals surface area (Å²) in [7, 11) is 1.38. The van der Waals surface area contributed by atoms with Crippen molar-refractivity contribution < 1.29 is 13.9 Å². The fourth-order valence-corrected chi connectivity index (χ4v) is 2.47. The maximum atomic E-state index is 13.8. The van der Waals surface area contributed by atoms with Gasteiger partial charge < -0.3 is 10.1 Å². The van der Waals surface area contributed by atoms with Gasteiger partial charge in [0.1, 0.15) is 0 Å². The molecule has 2 aromatic carbocycles. The van der Waals surface area contributed by atoms with E-state index in [0.29, 0.717) is 6.54 Å². The van der Waals surface area contributed by atoms with Gasteiger partial charge in [0.15, 0.2) is 11.6 Å². The van der Waals surface area contributed by atoms with Crippen LogP contribution in [0.25, 0.3) is 0 Å². The minimum atomic E-state index is -0.583. The van der Waals surface area contributed by atoms with Crippen LogP contribution < -0.4 is 10.1 Å². The summed E-state index contributed by atoms with van der Waals surface area (Å²) in [5.74, 6) is -0.875. The molecule has 0 unspecified atom stereocenters. The predicted molar refractivity (Wildman–Crippen MR) is 89.6 cm³/mol. The van der Waals surface area contributed by atoms with Crippen molar-refractivity contribution in [3.8, 4) is 5.75 Å². The second kappa shape index (κ2) is 7.57. The summed E-state index contributed by atoms with van der Waals surface area (Å²) in [5.41, 5.74) is 1.12. The highest BCUT2D eigenvalue weighted by atomic mass is 19.1. The molecule has 3 aromatic rings. The van der Waals surface area contributed by atoms with Crippen LogP contribution in [0.15, 0.2) is 60.9 Å². The molecule has 1 heterocycles. The van der Waals surface area contributed by atoms with Crippen LogP contribution in [-0.4, -0.2) is 28.0 Å². The van der Waals surface area contributed by atoms with E-state index in [2.05, 4.69) is 15.5 Å². The summed E-state index contributed by atoms with van der Waals surface area (Å²) in [4.78, 5) is 14.0. The van der Waals surface area contributed by atoms with Crippen molar-refractivity contribution in [1.29, 1.82) is 0 Å². The third-order valence-corrected chi connectivity index (χ3v) is 3.73. The summed E-state index contributed by atoms with van der Waals surface area (Å²) in [6, 6.07) is 13.2. The Hall–Kier alpha value is -3.22. The first-order valence-electron chi connectivity index (χ1n) is 7.71. The molecule has 0 radical (unpaired) electrons. The molecule has 0 fully saturated rings. The number of aromatic nitrogens is 3. The number of carbonyl (C=O) groups excluding carboxylic acids is 1. The van der Waals surface area contributed by atoms with Crippen molar-refractivity contribution in [2.24, 2.45) is 0 Å². The fraction of sp³-hybridized carbons (Fsp3) is 0.167. The molecule has 1 atom stereocenters. The standard InChI is InChI=1S/C18H17FN4O2/c1-25-17-8-7-14(11-15(17)19)18(24)22-16(12-23-20-9-10-21-23)13-5-3-2-4-6-13/h2-11,16H,12H2,1H3,(H,22,24)/t16-/m0/s1. The molecule has 0 aliphatic carbocycles. The highest BCUT2D eigenvalue weighted by Gasteiger charge is 2.18. The third-order valence-electron chi connectivity index (χ3n) is 3.73. The maximum absolute atomic E-state index is 13.8. The number of hydrogen-bond donors (Lipinski definition) is 1. The molecule has 0 aliphatic rings. The summed E-state index contributed by atoms with van der Waals surface area (Å²) in [5, 5.41) is 11.1. The summed E-state index contributed by atoms with van der Waals surface area (Å²) in [6.45, 7) is 0.362. The lowest BCUT2D eigenvalue weighted by molar-refractivity contribution is 0.0930. The van der Waals surface area contributed by atoms with Crippen molar-refractivity contribution in [3.63, 3.8) is 0 Å². The number of nitrogens with one attached hydrogen (secondary N) is 1. The van der Waals surface area contributed by atoms with Gasteiger partial charge in [0.25, 0.3) is 5.91 Å². The number of amides is 1. The average Bonchev–Trinajstić information content (AvgIpc) is 3.15. The van der Waals surface area contributed by atoms with Crippen molar-refractivity contribution in [3.05, 3.63) is 77.9 Å². The molecule has 0 spiro atoms. The van der Waals surface area contributed by atoms with Crippen LogP contribution in [0, 0.1) is 5.82 Å². The maximum Gasteiger partial charge on any atom is 0.251 e. The van der Waals surface area contributed by atoms with Gasteiger partial charge in [0.05, 0.1) is 32.1 Å². The summed E-state index contributed by atoms with van der Waals surface area (Å²) in [6.07, 6.45) is 3.14. The van der Waals surface area contributed by atoms with E-state index in [4.69, 9.17) is 4.74 Å². The Balaban J connectivity index is 1.82. The molecule has 0 saturated heterocycles. The predicted octanol–water partition coefficient (Wildman–Crippen LogP) is 2.60. The Kier molecular flexibility index (Phi) is 5.03. The Bertz CT molecular complexity index is 838. The molecule has 1 amide bonds. The second-order valence-electron chi connectivity index (χ2n) is 5.37. The molecule has 7 heteroatoms. The van der Waals surface area contributed by atoms with E-state index in [1.54, 1.807) is 12.4 Å². The second-order valence-corrected chi connectivity index (χ2v) is 5.37. The van der Waals surface area contributed by atoms with E-state index in [0.717, 1.165) is 11.6 Å². The van der Waals surface area contributed by atoms with Gasteiger partial charge in [0.2, 0.25) is 0 Å². The van der Waals surface area contributed by atoms with Crippen molar-refractivity contribution in [2.75, 3.05) is 7.11 Å². The number of ether oxygens (including phenoxy) is 1. The van der Waals surface area contributed by atoms with Crippen molar-refractivity contribution in [2.45, 2.75) is 12.6 Å². The molecule has 0 aliphatic heterocycles. The number of carbonyl (C=O) groups is 1. The van der Waals surface area contributed by atoms with Crippen LogP contribution in [0.5, 0.6) is 5.75 Å². The summed E-state index contributed by atoms with van der Waals surface area (Å²) >= 11 is 0. The lowest BCUT2D eigenvalue weighted by atomic mass is 10.1. The van der Waals surface area contributed by atoms with Gasteiger partial charge in [-0.1, -0.05) is 30.3 Å². The monoisotopic (exact) mass is 340 g/mol. The number of halogens is 1. The lowest BCUT2D eigenvalue weighted by Crippen LogP contribution is -2.32. The normalized spacial score (nSPS) is 11.8. The van der Waals surface area contributed by atoms with E-state index in [1.165, 1.54) is 24.0 Å². The van der Waals surface area contributed by atoms with Gasteiger partial charge in [-0.15, -0.1) is 0 Å². The molecular weight excluding hydrogens is 323 g/mol. The molecule has 128 valence electrons. The first kappa shape index (κ1) is 16.6. The van der Waals surface area contributed by atoms with Gasteiger partial charge in [-0.3, -0.25) is 4.79 Å². The van der Waals surface area contributed by atoms with Crippen LogP contribution in [0.3, 0.4) is 0 Å². The number of benzene rings is 2. The van der Waals surface area contributed by atoms with E-state index >= 15 is 0 Å². The molecule has 3 rings (SSSR count). The first-order valence-corrected chi connectivity index (χ1v) is 7.71. The molecule has 0 bridgehead atoms. The van der Waals surface area contributed by atoms with Crippen molar-refractivity contribution >= 4 is 5.91 Å². The zero-order valence-corrected chi connectivity index (χ0v) is 13.6. The van der Waals surface area contributed by atoms with Gasteiger partial charge in [-0.2, -0.15) is 15.0 Å². The number of hydrogen-bond acceptors (Lipinski definition) is 4. The van der Waals surface area contributed by atoms with E-state index in [1.807, 2.05) is 30.3 Å². The zero-order valence-electron chi connectivity index (χ0n) is 13.6. The summed E-state index contributed by atoms with van der Waals surface area (Å²) < 4.78 is 18.7. The molecule has 0 saturated carbocycles. The topological polar surface area (TPSA) is 69.0 Å². The number of nitrogens with zero attached hydrogens (tertiary/aromatic N) is 3. The minimum absolute atomic E-state index is 0.0944. The largest absolute Gasteiger partial charge is 0.494 e. The van der Waals surface area contributed by atoms with Gasteiger partial charge >= 0.3 is 0 Å². The Morgan fingerprint density at radius 1 is 1.20 bits per heavy atom. The fourth-order valence-electron chi connectivity index (χ4n) is 2.47.